The Kier molecular flexibility index (Phi) is 3.33. The molecule has 0 radical (unpaired) electrons. The molecule has 2 aliphatic heterocycles. The van der Waals surface area contributed by atoms with E-state index < -0.39 is 0 Å². The third-order valence-electron chi connectivity index (χ3n) is 4.05. The molecular weight excluding hydrogens is 188 g/mol. The summed E-state index contributed by atoms with van der Waals surface area (Å²) in [5, 5.41) is 3.48. The van der Waals surface area contributed by atoms with Crippen molar-refractivity contribution < 1.29 is 4.74 Å². The zero-order valence-corrected chi connectivity index (χ0v) is 10.3. The van der Waals surface area contributed by atoms with Gasteiger partial charge in [-0.2, -0.15) is 0 Å². The average molecular weight is 212 g/mol. The van der Waals surface area contributed by atoms with Crippen molar-refractivity contribution in [2.75, 3.05) is 39.8 Å². The molecule has 88 valence electrons. The van der Waals surface area contributed by atoms with Gasteiger partial charge in [0, 0.05) is 26.7 Å². The molecule has 3 nitrogen and oxygen atoms in total. The predicted octanol–water partition coefficient (Wildman–Crippen LogP) is 0.953. The van der Waals surface area contributed by atoms with Gasteiger partial charge in [-0.25, -0.2) is 0 Å². The summed E-state index contributed by atoms with van der Waals surface area (Å²) in [7, 11) is 1.81. The molecule has 0 aromatic rings. The van der Waals surface area contributed by atoms with Crippen LogP contribution in [0.15, 0.2) is 0 Å². The SMILES string of the molecule is COC(C)(C)CCN1CC2CNCC2C1. The third-order valence-corrected chi connectivity index (χ3v) is 4.05. The summed E-state index contributed by atoms with van der Waals surface area (Å²) in [4.78, 5) is 2.61. The largest absolute Gasteiger partial charge is 0.379 e. The van der Waals surface area contributed by atoms with Crippen molar-refractivity contribution in [1.29, 1.82) is 0 Å². The van der Waals surface area contributed by atoms with E-state index in [-0.39, 0.29) is 5.60 Å². The van der Waals surface area contributed by atoms with Crippen molar-refractivity contribution in [2.24, 2.45) is 11.8 Å². The summed E-state index contributed by atoms with van der Waals surface area (Å²) < 4.78 is 5.45. The van der Waals surface area contributed by atoms with Crippen LogP contribution in [-0.4, -0.2) is 50.3 Å². The highest BCUT2D eigenvalue weighted by Crippen LogP contribution is 2.27. The van der Waals surface area contributed by atoms with Crippen molar-refractivity contribution in [3.05, 3.63) is 0 Å². The molecule has 0 saturated carbocycles. The van der Waals surface area contributed by atoms with E-state index in [2.05, 4.69) is 24.1 Å². The van der Waals surface area contributed by atoms with Gasteiger partial charge in [-0.1, -0.05) is 0 Å². The van der Waals surface area contributed by atoms with E-state index in [1.165, 1.54) is 32.7 Å². The molecule has 15 heavy (non-hydrogen) atoms. The van der Waals surface area contributed by atoms with E-state index in [4.69, 9.17) is 4.74 Å². The Labute approximate surface area is 93.2 Å². The number of nitrogens with one attached hydrogen (secondary N) is 1. The molecule has 0 spiro atoms. The Morgan fingerprint density at radius 1 is 1.27 bits per heavy atom. The topological polar surface area (TPSA) is 24.5 Å². The Balaban J connectivity index is 1.73. The highest BCUT2D eigenvalue weighted by Gasteiger charge is 2.36. The standard InChI is InChI=1S/C12H24N2O/c1-12(2,15-3)4-5-14-8-10-6-13-7-11(10)9-14/h10-11,13H,4-9H2,1-3H3. The van der Waals surface area contributed by atoms with E-state index in [9.17, 15) is 0 Å². The highest BCUT2D eigenvalue weighted by atomic mass is 16.5. The molecule has 0 aromatic heterocycles. The maximum absolute atomic E-state index is 5.45. The highest BCUT2D eigenvalue weighted by molar-refractivity contribution is 4.91. The van der Waals surface area contributed by atoms with Crippen LogP contribution in [0.2, 0.25) is 0 Å². The molecule has 2 rings (SSSR count). The summed E-state index contributed by atoms with van der Waals surface area (Å²) in [5.41, 5.74) is 0.0376. The van der Waals surface area contributed by atoms with Gasteiger partial charge in [0.2, 0.25) is 0 Å². The zero-order valence-electron chi connectivity index (χ0n) is 10.3. The Hall–Kier alpha value is -0.120. The lowest BCUT2D eigenvalue weighted by molar-refractivity contribution is 0.00856. The smallest absolute Gasteiger partial charge is 0.0634 e. The second-order valence-corrected chi connectivity index (χ2v) is 5.65. The maximum atomic E-state index is 5.45. The molecule has 2 heterocycles. The number of ether oxygens (including phenoxy) is 1. The van der Waals surface area contributed by atoms with Crippen LogP contribution in [0, 0.1) is 11.8 Å². The Morgan fingerprint density at radius 2 is 1.87 bits per heavy atom. The second kappa shape index (κ2) is 4.40. The molecular formula is C12H24N2O. The lowest BCUT2D eigenvalue weighted by atomic mass is 10.0. The summed E-state index contributed by atoms with van der Waals surface area (Å²) in [6.45, 7) is 10.6. The van der Waals surface area contributed by atoms with Crippen LogP contribution in [0.4, 0.5) is 0 Å². The van der Waals surface area contributed by atoms with Gasteiger partial charge >= 0.3 is 0 Å². The first-order valence-electron chi connectivity index (χ1n) is 6.09. The summed E-state index contributed by atoms with van der Waals surface area (Å²) in [5.74, 6) is 1.83. The van der Waals surface area contributed by atoms with Gasteiger partial charge in [-0.3, -0.25) is 0 Å². The van der Waals surface area contributed by atoms with Gasteiger partial charge in [-0.15, -0.1) is 0 Å². The minimum atomic E-state index is 0.0376. The first-order chi connectivity index (χ1) is 7.11. The van der Waals surface area contributed by atoms with Crippen molar-refractivity contribution in [2.45, 2.75) is 25.9 Å². The van der Waals surface area contributed by atoms with Crippen molar-refractivity contribution in [3.63, 3.8) is 0 Å². The quantitative estimate of drug-likeness (QED) is 0.751. The fourth-order valence-electron chi connectivity index (χ4n) is 2.66. The molecule has 0 bridgehead atoms. The molecule has 0 aliphatic carbocycles. The minimum absolute atomic E-state index is 0.0376. The molecule has 2 atom stereocenters. The van der Waals surface area contributed by atoms with Gasteiger partial charge in [0.1, 0.15) is 0 Å². The van der Waals surface area contributed by atoms with Crippen LogP contribution in [0.25, 0.3) is 0 Å². The number of fused-ring (bicyclic) bond motifs is 1. The van der Waals surface area contributed by atoms with E-state index in [1.807, 2.05) is 7.11 Å². The monoisotopic (exact) mass is 212 g/mol. The number of methoxy groups -OCH3 is 1. The van der Waals surface area contributed by atoms with Crippen LogP contribution in [-0.2, 0) is 4.74 Å². The summed E-state index contributed by atoms with van der Waals surface area (Å²) in [6, 6.07) is 0. The third kappa shape index (κ3) is 2.71. The fraction of sp³-hybridized carbons (Fsp3) is 1.00. The number of hydrogen-bond acceptors (Lipinski definition) is 3. The Bertz CT molecular complexity index is 206. The van der Waals surface area contributed by atoms with E-state index in [1.54, 1.807) is 0 Å². The molecule has 0 aromatic carbocycles. The lowest BCUT2D eigenvalue weighted by Gasteiger charge is -2.26. The molecule has 0 amide bonds. The van der Waals surface area contributed by atoms with E-state index in [0.717, 1.165) is 18.3 Å². The van der Waals surface area contributed by atoms with Crippen LogP contribution in [0.1, 0.15) is 20.3 Å². The normalized spacial score (nSPS) is 32.2. The van der Waals surface area contributed by atoms with Gasteiger partial charge in [0.25, 0.3) is 0 Å². The van der Waals surface area contributed by atoms with Gasteiger partial charge in [0.05, 0.1) is 5.60 Å². The molecule has 2 fully saturated rings. The molecule has 2 aliphatic rings. The maximum Gasteiger partial charge on any atom is 0.0634 e. The Morgan fingerprint density at radius 3 is 2.40 bits per heavy atom. The first kappa shape index (κ1) is 11.4. The van der Waals surface area contributed by atoms with Crippen LogP contribution in [0.5, 0.6) is 0 Å². The number of likely N-dealkylation sites (tertiary alicyclic amines) is 1. The first-order valence-corrected chi connectivity index (χ1v) is 6.09. The molecule has 1 N–H and O–H groups in total. The predicted molar refractivity (Wildman–Crippen MR) is 62.0 cm³/mol. The van der Waals surface area contributed by atoms with Crippen LogP contribution in [0.3, 0.4) is 0 Å². The van der Waals surface area contributed by atoms with Gasteiger partial charge in [0.15, 0.2) is 0 Å². The average Bonchev–Trinajstić information content (AvgIpc) is 2.74. The molecule has 3 heteroatoms. The van der Waals surface area contributed by atoms with E-state index >= 15 is 0 Å². The second-order valence-electron chi connectivity index (χ2n) is 5.65. The van der Waals surface area contributed by atoms with Crippen molar-refractivity contribution in [1.82, 2.24) is 10.2 Å². The minimum Gasteiger partial charge on any atom is -0.379 e. The van der Waals surface area contributed by atoms with Crippen LogP contribution >= 0.6 is 0 Å². The lowest BCUT2D eigenvalue weighted by Crippen LogP contribution is -2.32. The van der Waals surface area contributed by atoms with Crippen molar-refractivity contribution >= 4 is 0 Å². The number of nitrogens with zero attached hydrogens (tertiary/aromatic N) is 1. The molecule has 2 saturated heterocycles. The molecule has 2 unspecified atom stereocenters. The van der Waals surface area contributed by atoms with Crippen LogP contribution < -0.4 is 5.32 Å². The summed E-state index contributed by atoms with van der Waals surface area (Å²) >= 11 is 0. The summed E-state index contributed by atoms with van der Waals surface area (Å²) in [6.07, 6.45) is 1.14. The number of rotatable bonds is 4. The fourth-order valence-corrected chi connectivity index (χ4v) is 2.66. The zero-order chi connectivity index (χ0) is 10.9. The van der Waals surface area contributed by atoms with Gasteiger partial charge < -0.3 is 15.0 Å². The number of hydrogen-bond donors (Lipinski definition) is 1. The van der Waals surface area contributed by atoms with Crippen molar-refractivity contribution in [3.8, 4) is 0 Å². The van der Waals surface area contributed by atoms with Gasteiger partial charge in [-0.05, 0) is 45.2 Å². The van der Waals surface area contributed by atoms with E-state index in [0.29, 0.717) is 0 Å².